The van der Waals surface area contributed by atoms with Gasteiger partial charge in [-0.15, -0.1) is 0 Å². The summed E-state index contributed by atoms with van der Waals surface area (Å²) in [6.07, 6.45) is 0. The standard InChI is InChI=1S/C18H18N4O3S/c1-18(2,16(23)24-3)26-17-21-14-10-25-9-13(14)15(22-17)20-12-6-4-11(8-19)5-7-12/h4-7H,9-10H2,1-3H3,(H,20,21,22). The van der Waals surface area contributed by atoms with Crippen LogP contribution in [-0.2, 0) is 27.5 Å². The lowest BCUT2D eigenvalue weighted by molar-refractivity contribution is -0.142. The lowest BCUT2D eigenvalue weighted by Crippen LogP contribution is -2.29. The second kappa shape index (κ2) is 7.32. The predicted molar refractivity (Wildman–Crippen MR) is 96.9 cm³/mol. The molecule has 7 nitrogen and oxygen atoms in total. The Labute approximate surface area is 155 Å². The second-order valence-electron chi connectivity index (χ2n) is 6.19. The van der Waals surface area contributed by atoms with E-state index < -0.39 is 4.75 Å². The molecule has 26 heavy (non-hydrogen) atoms. The highest BCUT2D eigenvalue weighted by atomic mass is 32.2. The van der Waals surface area contributed by atoms with Gasteiger partial charge >= 0.3 is 5.97 Å². The van der Waals surface area contributed by atoms with E-state index in [1.165, 1.54) is 18.9 Å². The minimum atomic E-state index is -0.811. The van der Waals surface area contributed by atoms with Crippen LogP contribution in [0.2, 0.25) is 0 Å². The van der Waals surface area contributed by atoms with Gasteiger partial charge in [0.15, 0.2) is 5.16 Å². The maximum atomic E-state index is 11.9. The third kappa shape index (κ3) is 3.79. The molecule has 0 spiro atoms. The second-order valence-corrected chi connectivity index (χ2v) is 7.78. The largest absolute Gasteiger partial charge is 0.468 e. The summed E-state index contributed by atoms with van der Waals surface area (Å²) in [7, 11) is 1.36. The average molecular weight is 370 g/mol. The summed E-state index contributed by atoms with van der Waals surface area (Å²) in [5.41, 5.74) is 3.09. The Morgan fingerprint density at radius 2 is 2.04 bits per heavy atom. The Hall–Kier alpha value is -2.63. The summed E-state index contributed by atoms with van der Waals surface area (Å²) < 4.78 is 9.53. The van der Waals surface area contributed by atoms with Crippen molar-refractivity contribution in [1.29, 1.82) is 5.26 Å². The molecule has 3 rings (SSSR count). The van der Waals surface area contributed by atoms with Crippen LogP contribution in [0.15, 0.2) is 29.4 Å². The van der Waals surface area contributed by atoms with Crippen LogP contribution >= 0.6 is 11.8 Å². The Balaban J connectivity index is 1.91. The highest BCUT2D eigenvalue weighted by molar-refractivity contribution is 8.01. The van der Waals surface area contributed by atoms with Gasteiger partial charge in [-0.1, -0.05) is 11.8 Å². The molecule has 0 fully saturated rings. The van der Waals surface area contributed by atoms with E-state index in [4.69, 9.17) is 14.7 Å². The number of carbonyl (C=O) groups excluding carboxylic acids is 1. The van der Waals surface area contributed by atoms with Crippen LogP contribution in [0.1, 0.15) is 30.7 Å². The van der Waals surface area contributed by atoms with Crippen molar-refractivity contribution < 1.29 is 14.3 Å². The van der Waals surface area contributed by atoms with Gasteiger partial charge < -0.3 is 14.8 Å². The maximum absolute atomic E-state index is 11.9. The molecule has 0 unspecified atom stereocenters. The number of fused-ring (bicyclic) bond motifs is 1. The monoisotopic (exact) mass is 370 g/mol. The fourth-order valence-corrected chi connectivity index (χ4v) is 3.37. The molecule has 0 atom stereocenters. The van der Waals surface area contributed by atoms with Gasteiger partial charge in [0.1, 0.15) is 10.6 Å². The number of ether oxygens (including phenoxy) is 2. The van der Waals surface area contributed by atoms with Crippen LogP contribution in [0.3, 0.4) is 0 Å². The lowest BCUT2D eigenvalue weighted by Gasteiger charge is -2.20. The summed E-state index contributed by atoms with van der Waals surface area (Å²) in [6, 6.07) is 9.18. The zero-order chi connectivity index (χ0) is 18.7. The molecule has 0 bridgehead atoms. The number of aromatic nitrogens is 2. The molecule has 1 aromatic heterocycles. The molecule has 134 valence electrons. The average Bonchev–Trinajstić information content (AvgIpc) is 3.10. The highest BCUT2D eigenvalue weighted by Gasteiger charge is 2.32. The normalized spacial score (nSPS) is 13.0. The molecule has 8 heteroatoms. The third-order valence-corrected chi connectivity index (χ3v) is 4.90. The first-order valence-corrected chi connectivity index (χ1v) is 8.77. The van der Waals surface area contributed by atoms with Gasteiger partial charge in [-0.05, 0) is 38.1 Å². The number of nitrogens with zero attached hydrogens (tertiary/aromatic N) is 3. The van der Waals surface area contributed by atoms with E-state index >= 15 is 0 Å². The van der Waals surface area contributed by atoms with Crippen LogP contribution in [0.5, 0.6) is 0 Å². The number of benzene rings is 1. The number of thioether (sulfide) groups is 1. The predicted octanol–water partition coefficient (Wildman–Crippen LogP) is 3.17. The van der Waals surface area contributed by atoms with Gasteiger partial charge in [0.05, 0.1) is 37.7 Å². The van der Waals surface area contributed by atoms with Crippen molar-refractivity contribution >= 4 is 29.2 Å². The summed E-state index contributed by atoms with van der Waals surface area (Å²) >= 11 is 1.24. The van der Waals surface area contributed by atoms with Crippen LogP contribution in [0.25, 0.3) is 0 Å². The molecule has 2 aromatic rings. The smallest absolute Gasteiger partial charge is 0.321 e. The van der Waals surface area contributed by atoms with Crippen molar-refractivity contribution in [2.24, 2.45) is 0 Å². The van der Waals surface area contributed by atoms with E-state index in [9.17, 15) is 4.79 Å². The molecule has 1 aromatic carbocycles. The van der Waals surface area contributed by atoms with Crippen molar-refractivity contribution in [3.05, 3.63) is 41.1 Å². The summed E-state index contributed by atoms with van der Waals surface area (Å²) in [6.45, 7) is 4.38. The van der Waals surface area contributed by atoms with E-state index in [0.29, 0.717) is 29.8 Å². The minimum absolute atomic E-state index is 0.343. The molecule has 0 saturated carbocycles. The van der Waals surface area contributed by atoms with Gasteiger partial charge in [-0.3, -0.25) is 4.79 Å². The first kappa shape index (κ1) is 18.2. The van der Waals surface area contributed by atoms with Crippen LogP contribution in [0.4, 0.5) is 11.5 Å². The van der Waals surface area contributed by atoms with Crippen molar-refractivity contribution in [2.45, 2.75) is 37.0 Å². The summed E-state index contributed by atoms with van der Waals surface area (Å²) in [4.78, 5) is 21.0. The van der Waals surface area contributed by atoms with Gasteiger partial charge in [-0.2, -0.15) is 5.26 Å². The van der Waals surface area contributed by atoms with E-state index in [2.05, 4.69) is 21.4 Å². The quantitative estimate of drug-likeness (QED) is 0.487. The maximum Gasteiger partial charge on any atom is 0.321 e. The van der Waals surface area contributed by atoms with Crippen molar-refractivity contribution in [2.75, 3.05) is 12.4 Å². The number of esters is 1. The third-order valence-electron chi connectivity index (χ3n) is 3.86. The van der Waals surface area contributed by atoms with Crippen molar-refractivity contribution in [3.8, 4) is 6.07 Å². The Bertz CT molecular complexity index is 875. The van der Waals surface area contributed by atoms with Crippen molar-refractivity contribution in [1.82, 2.24) is 9.97 Å². The zero-order valence-corrected chi connectivity index (χ0v) is 15.5. The zero-order valence-electron chi connectivity index (χ0n) is 14.7. The Kier molecular flexibility index (Phi) is 5.11. The van der Waals surface area contributed by atoms with E-state index in [-0.39, 0.29) is 5.97 Å². The lowest BCUT2D eigenvalue weighted by atomic mass is 10.2. The molecule has 0 amide bonds. The van der Waals surface area contributed by atoms with Gasteiger partial charge in [0, 0.05) is 11.3 Å². The number of methoxy groups -OCH3 is 1. The van der Waals surface area contributed by atoms with Gasteiger partial charge in [-0.25, -0.2) is 9.97 Å². The highest BCUT2D eigenvalue weighted by Crippen LogP contribution is 2.35. The van der Waals surface area contributed by atoms with Crippen LogP contribution in [0, 0.1) is 11.3 Å². The minimum Gasteiger partial charge on any atom is -0.468 e. The molecule has 2 heterocycles. The molecule has 0 aliphatic carbocycles. The Morgan fingerprint density at radius 1 is 1.31 bits per heavy atom. The first-order valence-electron chi connectivity index (χ1n) is 7.95. The molecular weight excluding hydrogens is 352 g/mol. The fourth-order valence-electron chi connectivity index (χ4n) is 2.46. The number of carbonyl (C=O) groups is 1. The fraction of sp³-hybridized carbons (Fsp3) is 0.333. The van der Waals surface area contributed by atoms with Crippen LogP contribution in [-0.4, -0.2) is 27.8 Å². The molecule has 0 radical (unpaired) electrons. The molecule has 0 saturated heterocycles. The van der Waals surface area contributed by atoms with Gasteiger partial charge in [0.2, 0.25) is 0 Å². The number of rotatable bonds is 5. The number of hydrogen-bond donors (Lipinski definition) is 1. The number of anilines is 2. The molecule has 1 aliphatic heterocycles. The Morgan fingerprint density at radius 3 is 2.69 bits per heavy atom. The summed E-state index contributed by atoms with van der Waals surface area (Å²) in [5.74, 6) is 0.296. The van der Waals surface area contributed by atoms with Crippen molar-refractivity contribution in [3.63, 3.8) is 0 Å². The van der Waals surface area contributed by atoms with E-state index in [1.807, 2.05) is 12.1 Å². The first-order chi connectivity index (χ1) is 12.4. The molecular formula is C18H18N4O3S. The SMILES string of the molecule is COC(=O)C(C)(C)Sc1nc2c(c(Nc3ccc(C#N)cc3)n1)COC2. The van der Waals surface area contributed by atoms with Gasteiger partial charge in [0.25, 0.3) is 0 Å². The molecule has 1 aliphatic rings. The van der Waals surface area contributed by atoms with E-state index in [1.54, 1.807) is 26.0 Å². The number of nitriles is 1. The van der Waals surface area contributed by atoms with Crippen LogP contribution < -0.4 is 5.32 Å². The topological polar surface area (TPSA) is 97.1 Å². The summed E-state index contributed by atoms with van der Waals surface area (Å²) in [5, 5.41) is 12.6. The van der Waals surface area contributed by atoms with E-state index in [0.717, 1.165) is 16.9 Å². The number of hydrogen-bond acceptors (Lipinski definition) is 8. The number of nitrogens with one attached hydrogen (secondary N) is 1. The molecule has 1 N–H and O–H groups in total.